The van der Waals surface area contributed by atoms with E-state index in [2.05, 4.69) is 10.1 Å². The summed E-state index contributed by atoms with van der Waals surface area (Å²) in [4.78, 5) is 15.9. The van der Waals surface area contributed by atoms with Crippen molar-refractivity contribution in [2.75, 3.05) is 7.11 Å². The van der Waals surface area contributed by atoms with Gasteiger partial charge < -0.3 is 13.7 Å². The molecule has 0 aliphatic rings. The number of aromatic nitrogens is 3. The number of nitrogens with zero attached hydrogens (tertiary/aromatic N) is 3. The Bertz CT molecular complexity index is 1170. The third-order valence-corrected chi connectivity index (χ3v) is 4.04. The van der Waals surface area contributed by atoms with Crippen LogP contribution < -0.4 is 10.5 Å². The molecule has 4 rings (SSSR count). The van der Waals surface area contributed by atoms with E-state index in [4.69, 9.17) is 13.7 Å². The van der Waals surface area contributed by atoms with Crippen LogP contribution in [-0.4, -0.2) is 21.8 Å². The Morgan fingerprint density at radius 1 is 1.15 bits per heavy atom. The third kappa shape index (κ3) is 2.79. The molecule has 7 nitrogen and oxygen atoms in total. The van der Waals surface area contributed by atoms with Crippen LogP contribution in [-0.2, 0) is 7.05 Å². The van der Waals surface area contributed by atoms with Crippen molar-refractivity contribution in [1.82, 2.24) is 14.7 Å². The molecule has 4 aromatic rings. The summed E-state index contributed by atoms with van der Waals surface area (Å²) < 4.78 is 17.2. The molecule has 0 aliphatic carbocycles. The number of ether oxygens (including phenoxy) is 1. The van der Waals surface area contributed by atoms with Crippen LogP contribution in [0.3, 0.4) is 0 Å². The van der Waals surface area contributed by atoms with Crippen molar-refractivity contribution in [2.24, 2.45) is 7.05 Å². The van der Waals surface area contributed by atoms with Gasteiger partial charge in [-0.1, -0.05) is 23.4 Å². The number of benzene rings is 2. The van der Waals surface area contributed by atoms with Crippen LogP contribution in [0, 0.1) is 0 Å². The molecule has 0 unspecified atom stereocenters. The van der Waals surface area contributed by atoms with Crippen LogP contribution in [0.25, 0.3) is 34.6 Å². The van der Waals surface area contributed by atoms with Crippen LogP contribution in [0.1, 0.15) is 11.5 Å². The molecule has 0 amide bonds. The normalized spacial score (nSPS) is 11.5. The molecular formula is C19H15N3O4. The number of hydrogen-bond acceptors (Lipinski definition) is 6. The maximum Gasteiger partial charge on any atom is 0.419 e. The Balaban J connectivity index is 1.64. The van der Waals surface area contributed by atoms with Crippen molar-refractivity contribution in [1.29, 1.82) is 0 Å². The lowest BCUT2D eigenvalue weighted by atomic mass is 10.2. The zero-order chi connectivity index (χ0) is 18.1. The average molecular weight is 349 g/mol. The van der Waals surface area contributed by atoms with Gasteiger partial charge in [0, 0.05) is 24.3 Å². The first-order valence-electron chi connectivity index (χ1n) is 7.90. The highest BCUT2D eigenvalue weighted by Gasteiger charge is 2.11. The second kappa shape index (κ2) is 6.36. The lowest BCUT2D eigenvalue weighted by Gasteiger charge is -2.02. The topological polar surface area (TPSA) is 83.3 Å². The van der Waals surface area contributed by atoms with Gasteiger partial charge in [0.1, 0.15) is 5.75 Å². The number of hydrogen-bond donors (Lipinski definition) is 0. The van der Waals surface area contributed by atoms with Crippen molar-refractivity contribution in [2.45, 2.75) is 0 Å². The minimum Gasteiger partial charge on any atom is -0.496 e. The van der Waals surface area contributed by atoms with E-state index >= 15 is 0 Å². The Morgan fingerprint density at radius 3 is 2.85 bits per heavy atom. The van der Waals surface area contributed by atoms with Crippen molar-refractivity contribution in [3.8, 4) is 17.1 Å². The van der Waals surface area contributed by atoms with Gasteiger partial charge in [-0.15, -0.1) is 0 Å². The maximum absolute atomic E-state index is 11.6. The van der Waals surface area contributed by atoms with Crippen LogP contribution in [0.2, 0.25) is 0 Å². The molecule has 0 radical (unpaired) electrons. The molecule has 2 aromatic carbocycles. The monoisotopic (exact) mass is 349 g/mol. The Kier molecular flexibility index (Phi) is 3.89. The van der Waals surface area contributed by atoms with E-state index < -0.39 is 5.76 Å². The number of rotatable bonds is 4. The average Bonchev–Trinajstić information content (AvgIpc) is 3.25. The lowest BCUT2D eigenvalue weighted by molar-refractivity contribution is 0.411. The fourth-order valence-electron chi connectivity index (χ4n) is 2.66. The highest BCUT2D eigenvalue weighted by atomic mass is 16.5. The van der Waals surface area contributed by atoms with Gasteiger partial charge in [0.05, 0.1) is 12.6 Å². The highest BCUT2D eigenvalue weighted by Crippen LogP contribution is 2.23. The van der Waals surface area contributed by atoms with Crippen LogP contribution in [0.4, 0.5) is 0 Å². The SMILES string of the molecule is COc1ccccc1C=Cc1nc(-c2ccc3c(c2)oc(=O)n3C)no1. The summed E-state index contributed by atoms with van der Waals surface area (Å²) in [6.45, 7) is 0. The number of methoxy groups -OCH3 is 1. The second-order valence-electron chi connectivity index (χ2n) is 5.64. The molecule has 130 valence electrons. The standard InChI is InChI=1S/C19H15N3O4/c1-22-14-9-7-13(11-16(14)25-19(22)23)18-20-17(26-21-18)10-8-12-5-3-4-6-15(12)24-2/h3-11H,1-2H3. The van der Waals surface area contributed by atoms with Gasteiger partial charge in [0.2, 0.25) is 5.82 Å². The van der Waals surface area contributed by atoms with Gasteiger partial charge in [0.15, 0.2) is 5.58 Å². The molecule has 7 heteroatoms. The Morgan fingerprint density at radius 2 is 2.00 bits per heavy atom. The summed E-state index contributed by atoms with van der Waals surface area (Å²) in [5.41, 5.74) is 2.79. The first-order chi connectivity index (χ1) is 12.7. The van der Waals surface area contributed by atoms with E-state index in [0.717, 1.165) is 11.3 Å². The van der Waals surface area contributed by atoms with E-state index in [-0.39, 0.29) is 0 Å². The second-order valence-corrected chi connectivity index (χ2v) is 5.64. The predicted molar refractivity (Wildman–Crippen MR) is 96.7 cm³/mol. The summed E-state index contributed by atoms with van der Waals surface area (Å²) in [5.74, 6) is 1.12. The molecule has 0 atom stereocenters. The van der Waals surface area contributed by atoms with Crippen molar-refractivity contribution in [3.05, 3.63) is 64.5 Å². The van der Waals surface area contributed by atoms with Crippen molar-refractivity contribution < 1.29 is 13.7 Å². The van der Waals surface area contributed by atoms with E-state index in [0.29, 0.717) is 28.4 Å². The third-order valence-electron chi connectivity index (χ3n) is 4.04. The zero-order valence-electron chi connectivity index (χ0n) is 14.2. The first kappa shape index (κ1) is 15.9. The Hall–Kier alpha value is -3.61. The van der Waals surface area contributed by atoms with Crippen LogP contribution >= 0.6 is 0 Å². The summed E-state index contributed by atoms with van der Waals surface area (Å²) in [7, 11) is 3.28. The van der Waals surface area contributed by atoms with Crippen molar-refractivity contribution >= 4 is 23.3 Å². The van der Waals surface area contributed by atoms with Gasteiger partial charge >= 0.3 is 5.76 Å². The fourth-order valence-corrected chi connectivity index (χ4v) is 2.66. The molecule has 0 saturated heterocycles. The first-order valence-corrected chi connectivity index (χ1v) is 7.90. The van der Waals surface area contributed by atoms with Gasteiger partial charge in [0.25, 0.3) is 5.89 Å². The molecule has 26 heavy (non-hydrogen) atoms. The van der Waals surface area contributed by atoms with Gasteiger partial charge in [-0.3, -0.25) is 4.57 Å². The van der Waals surface area contributed by atoms with Gasteiger partial charge in [-0.2, -0.15) is 4.98 Å². The maximum atomic E-state index is 11.6. The summed E-state index contributed by atoms with van der Waals surface area (Å²) in [6, 6.07) is 12.9. The zero-order valence-corrected chi connectivity index (χ0v) is 14.2. The van der Waals surface area contributed by atoms with E-state index in [9.17, 15) is 4.79 Å². The number of oxazole rings is 1. The van der Waals surface area contributed by atoms with Gasteiger partial charge in [-0.25, -0.2) is 4.79 Å². The molecule has 2 heterocycles. The molecular weight excluding hydrogens is 334 g/mol. The highest BCUT2D eigenvalue weighted by molar-refractivity contribution is 5.79. The fraction of sp³-hybridized carbons (Fsp3) is 0.105. The van der Waals surface area contributed by atoms with E-state index in [1.54, 1.807) is 32.4 Å². The van der Waals surface area contributed by atoms with E-state index in [1.807, 2.05) is 36.4 Å². The summed E-state index contributed by atoms with van der Waals surface area (Å²) >= 11 is 0. The summed E-state index contributed by atoms with van der Waals surface area (Å²) in [6.07, 6.45) is 3.56. The molecule has 0 N–H and O–H groups in total. The molecule has 0 fully saturated rings. The minimum absolute atomic E-state index is 0.362. The van der Waals surface area contributed by atoms with Crippen LogP contribution in [0.15, 0.2) is 56.2 Å². The minimum atomic E-state index is -0.411. The number of para-hydroxylation sites is 1. The van der Waals surface area contributed by atoms with Crippen molar-refractivity contribution in [3.63, 3.8) is 0 Å². The lowest BCUT2D eigenvalue weighted by Crippen LogP contribution is -2.08. The molecule has 0 bridgehead atoms. The molecule has 2 aromatic heterocycles. The predicted octanol–water partition coefficient (Wildman–Crippen LogP) is 3.36. The van der Waals surface area contributed by atoms with Gasteiger partial charge in [-0.05, 0) is 30.3 Å². The largest absolute Gasteiger partial charge is 0.496 e. The number of fused-ring (bicyclic) bond motifs is 1. The smallest absolute Gasteiger partial charge is 0.419 e. The molecule has 0 saturated carbocycles. The molecule has 0 spiro atoms. The van der Waals surface area contributed by atoms with E-state index in [1.165, 1.54) is 4.57 Å². The van der Waals surface area contributed by atoms with Crippen LogP contribution in [0.5, 0.6) is 5.75 Å². The summed E-state index contributed by atoms with van der Waals surface area (Å²) in [5, 5.41) is 3.98. The number of aryl methyl sites for hydroxylation is 1. The quantitative estimate of drug-likeness (QED) is 0.562. The molecule has 0 aliphatic heterocycles. The Labute approximate surface area is 148 Å².